The lowest BCUT2D eigenvalue weighted by molar-refractivity contribution is 0.0368. The largest absolute Gasteiger partial charge is 0.377 e. The first-order valence-electron chi connectivity index (χ1n) is 12.5. The van der Waals surface area contributed by atoms with Crippen LogP contribution < -0.4 is 5.56 Å². The Hall–Kier alpha value is -2.58. The van der Waals surface area contributed by atoms with Crippen molar-refractivity contribution in [2.75, 3.05) is 13.2 Å². The SMILES string of the molecule is CCC(C)(C)n1nnnc1C(C(C)C)N(Cc1cc2cc(C)ccc2[nH]c1=O)CC1CCCO1. The Morgan fingerprint density at radius 1 is 1.29 bits per heavy atom. The highest BCUT2D eigenvalue weighted by Crippen LogP contribution is 2.33. The number of H-pyrrole nitrogens is 1. The van der Waals surface area contributed by atoms with Gasteiger partial charge in [-0.05, 0) is 80.0 Å². The van der Waals surface area contributed by atoms with Gasteiger partial charge in [-0.25, -0.2) is 4.68 Å². The number of nitrogens with zero attached hydrogens (tertiary/aromatic N) is 5. The van der Waals surface area contributed by atoms with Crippen LogP contribution in [-0.2, 0) is 16.8 Å². The minimum Gasteiger partial charge on any atom is -0.377 e. The van der Waals surface area contributed by atoms with Crippen LogP contribution in [0.2, 0.25) is 0 Å². The predicted molar refractivity (Wildman–Crippen MR) is 134 cm³/mol. The molecule has 1 saturated heterocycles. The first kappa shape index (κ1) is 24.5. The fraction of sp³-hybridized carbons (Fsp3) is 0.615. The molecule has 3 heterocycles. The van der Waals surface area contributed by atoms with Crippen LogP contribution in [0.4, 0.5) is 0 Å². The zero-order valence-corrected chi connectivity index (χ0v) is 21.3. The maximum Gasteiger partial charge on any atom is 0.252 e. The number of hydrogen-bond acceptors (Lipinski definition) is 6. The van der Waals surface area contributed by atoms with Crippen molar-refractivity contribution in [3.8, 4) is 0 Å². The van der Waals surface area contributed by atoms with Crippen LogP contribution in [0.5, 0.6) is 0 Å². The van der Waals surface area contributed by atoms with E-state index in [1.165, 1.54) is 5.56 Å². The number of ether oxygens (including phenoxy) is 1. The van der Waals surface area contributed by atoms with E-state index in [0.29, 0.717) is 6.54 Å². The van der Waals surface area contributed by atoms with E-state index in [4.69, 9.17) is 4.74 Å². The second kappa shape index (κ2) is 9.96. The van der Waals surface area contributed by atoms with Crippen LogP contribution in [0.25, 0.3) is 10.9 Å². The second-order valence-electron chi connectivity index (χ2n) is 10.6. The van der Waals surface area contributed by atoms with Gasteiger partial charge in [0.25, 0.3) is 5.56 Å². The first-order chi connectivity index (χ1) is 16.2. The van der Waals surface area contributed by atoms with Crippen molar-refractivity contribution >= 4 is 10.9 Å². The van der Waals surface area contributed by atoms with Crippen molar-refractivity contribution in [1.82, 2.24) is 30.1 Å². The zero-order valence-electron chi connectivity index (χ0n) is 21.3. The summed E-state index contributed by atoms with van der Waals surface area (Å²) in [5.41, 5.74) is 2.52. The summed E-state index contributed by atoms with van der Waals surface area (Å²) in [5, 5.41) is 14.0. The molecule has 8 nitrogen and oxygen atoms in total. The molecule has 2 atom stereocenters. The molecule has 2 aromatic heterocycles. The summed E-state index contributed by atoms with van der Waals surface area (Å²) in [7, 11) is 0. The second-order valence-corrected chi connectivity index (χ2v) is 10.6. The average Bonchev–Trinajstić information content (AvgIpc) is 3.47. The van der Waals surface area contributed by atoms with Crippen molar-refractivity contribution in [3.05, 3.63) is 51.6 Å². The van der Waals surface area contributed by atoms with Gasteiger partial charge in [-0.3, -0.25) is 9.69 Å². The quantitative estimate of drug-likeness (QED) is 0.504. The van der Waals surface area contributed by atoms with Crippen LogP contribution in [0.15, 0.2) is 29.1 Å². The molecular weight excluding hydrogens is 428 g/mol. The van der Waals surface area contributed by atoms with Gasteiger partial charge in [-0.1, -0.05) is 32.4 Å². The third-order valence-electron chi connectivity index (χ3n) is 7.13. The molecule has 1 aromatic carbocycles. The summed E-state index contributed by atoms with van der Waals surface area (Å²) in [5.74, 6) is 1.08. The molecule has 1 aliphatic heterocycles. The lowest BCUT2D eigenvalue weighted by Gasteiger charge is -2.36. The molecule has 0 radical (unpaired) electrons. The fourth-order valence-electron chi connectivity index (χ4n) is 4.88. The Kier molecular flexibility index (Phi) is 7.19. The van der Waals surface area contributed by atoms with Gasteiger partial charge in [-0.15, -0.1) is 5.10 Å². The van der Waals surface area contributed by atoms with E-state index in [0.717, 1.165) is 54.7 Å². The molecule has 0 amide bonds. The highest BCUT2D eigenvalue weighted by atomic mass is 16.5. The van der Waals surface area contributed by atoms with Gasteiger partial charge in [0.15, 0.2) is 5.82 Å². The minimum absolute atomic E-state index is 0.0512. The number of tetrazole rings is 1. The van der Waals surface area contributed by atoms with E-state index in [1.54, 1.807) is 0 Å². The normalized spacial score (nSPS) is 17.8. The summed E-state index contributed by atoms with van der Waals surface area (Å²) in [6, 6.07) is 8.07. The molecule has 2 unspecified atom stereocenters. The molecule has 0 aliphatic carbocycles. The highest BCUT2D eigenvalue weighted by Gasteiger charge is 2.35. The van der Waals surface area contributed by atoms with Gasteiger partial charge in [0.1, 0.15) is 0 Å². The molecule has 34 heavy (non-hydrogen) atoms. The molecule has 0 bridgehead atoms. The number of nitrogens with one attached hydrogen (secondary N) is 1. The number of rotatable bonds is 9. The Morgan fingerprint density at radius 2 is 2.09 bits per heavy atom. The van der Waals surface area contributed by atoms with Gasteiger partial charge in [0.2, 0.25) is 0 Å². The monoisotopic (exact) mass is 466 g/mol. The van der Waals surface area contributed by atoms with Crippen molar-refractivity contribution in [3.63, 3.8) is 0 Å². The molecular formula is C26H38N6O2. The van der Waals surface area contributed by atoms with E-state index in [1.807, 2.05) is 22.9 Å². The Balaban J connectivity index is 1.76. The van der Waals surface area contributed by atoms with E-state index in [-0.39, 0.29) is 29.2 Å². The Labute approximate surface area is 201 Å². The topological polar surface area (TPSA) is 88.9 Å². The smallest absolute Gasteiger partial charge is 0.252 e. The molecule has 4 rings (SSSR count). The van der Waals surface area contributed by atoms with E-state index < -0.39 is 0 Å². The molecule has 1 fully saturated rings. The number of aromatic amines is 1. The van der Waals surface area contributed by atoms with Crippen molar-refractivity contribution in [1.29, 1.82) is 0 Å². The van der Waals surface area contributed by atoms with E-state index >= 15 is 0 Å². The molecule has 1 aliphatic rings. The Bertz CT molecular complexity index is 1180. The van der Waals surface area contributed by atoms with Crippen LogP contribution in [-0.4, -0.2) is 49.3 Å². The van der Waals surface area contributed by atoms with Crippen LogP contribution in [0, 0.1) is 12.8 Å². The van der Waals surface area contributed by atoms with Crippen LogP contribution in [0.1, 0.15) is 76.9 Å². The van der Waals surface area contributed by atoms with Crippen molar-refractivity contribution in [2.24, 2.45) is 5.92 Å². The summed E-state index contributed by atoms with van der Waals surface area (Å²) in [6.07, 6.45) is 3.15. The number of fused-ring (bicyclic) bond motifs is 1. The average molecular weight is 467 g/mol. The van der Waals surface area contributed by atoms with Gasteiger partial charge in [0, 0.05) is 30.8 Å². The summed E-state index contributed by atoms with van der Waals surface area (Å²) >= 11 is 0. The van der Waals surface area contributed by atoms with E-state index in [2.05, 4.69) is 73.0 Å². The summed E-state index contributed by atoms with van der Waals surface area (Å²) < 4.78 is 7.98. The Morgan fingerprint density at radius 3 is 2.76 bits per heavy atom. The van der Waals surface area contributed by atoms with Crippen LogP contribution >= 0.6 is 0 Å². The number of aryl methyl sites for hydroxylation is 1. The maximum absolute atomic E-state index is 13.1. The van der Waals surface area contributed by atoms with Gasteiger partial charge < -0.3 is 9.72 Å². The van der Waals surface area contributed by atoms with Crippen molar-refractivity contribution < 1.29 is 4.74 Å². The zero-order chi connectivity index (χ0) is 24.5. The summed E-state index contributed by atoms with van der Waals surface area (Å²) in [6.45, 7) is 14.9. The third kappa shape index (κ3) is 5.08. The standard InChI is InChI=1S/C26H38N6O2/c1-7-26(5,6)32-24(28-29-30-32)23(17(2)3)31(16-21-9-8-12-34-21)15-20-14-19-13-18(4)10-11-22(19)27-25(20)33/h10-11,13-14,17,21,23H,7-9,12,15-16H2,1-6H3,(H,27,33). The van der Waals surface area contributed by atoms with Gasteiger partial charge in [-0.2, -0.15) is 0 Å². The van der Waals surface area contributed by atoms with Crippen LogP contribution in [0.3, 0.4) is 0 Å². The van der Waals surface area contributed by atoms with Crippen molar-refractivity contribution in [2.45, 2.75) is 85.0 Å². The lowest BCUT2D eigenvalue weighted by Crippen LogP contribution is -2.41. The molecule has 0 saturated carbocycles. The molecule has 3 aromatic rings. The number of pyridine rings is 1. The molecule has 1 N–H and O–H groups in total. The minimum atomic E-state index is -0.209. The highest BCUT2D eigenvalue weighted by molar-refractivity contribution is 5.79. The predicted octanol–water partition coefficient (Wildman–Crippen LogP) is 4.35. The fourth-order valence-corrected chi connectivity index (χ4v) is 4.88. The molecule has 184 valence electrons. The lowest BCUT2D eigenvalue weighted by atomic mass is 9.97. The van der Waals surface area contributed by atoms with Gasteiger partial charge >= 0.3 is 0 Å². The maximum atomic E-state index is 13.1. The number of aromatic nitrogens is 5. The van der Waals surface area contributed by atoms with E-state index in [9.17, 15) is 4.79 Å². The molecule has 8 heteroatoms. The first-order valence-corrected chi connectivity index (χ1v) is 12.5. The number of hydrogen-bond donors (Lipinski definition) is 1. The number of benzene rings is 1. The van der Waals surface area contributed by atoms with Gasteiger partial charge in [0.05, 0.1) is 17.7 Å². The third-order valence-corrected chi connectivity index (χ3v) is 7.13. The molecule has 0 spiro atoms. The summed E-state index contributed by atoms with van der Waals surface area (Å²) in [4.78, 5) is 18.5.